The highest BCUT2D eigenvalue weighted by molar-refractivity contribution is 7.13. The fourth-order valence-corrected chi connectivity index (χ4v) is 3.55. The number of nitrogens with zero attached hydrogens (tertiary/aromatic N) is 1. The Morgan fingerprint density at radius 2 is 1.77 bits per heavy atom. The lowest BCUT2D eigenvalue weighted by atomic mass is 10.0. The van der Waals surface area contributed by atoms with Crippen LogP contribution in [-0.4, -0.2) is 31.5 Å². The number of hydrogen-bond acceptors (Lipinski definition) is 6. The molecule has 3 aromatic rings. The molecule has 3 rings (SSSR count). The minimum absolute atomic E-state index is 0.167. The second-order valence-corrected chi connectivity index (χ2v) is 6.49. The number of rotatable bonds is 7. The maximum Gasteiger partial charge on any atom is 0.212 e. The average molecular weight is 368 g/mol. The van der Waals surface area contributed by atoms with E-state index in [0.29, 0.717) is 35.7 Å². The predicted molar refractivity (Wildman–Crippen MR) is 103 cm³/mol. The molecule has 0 fully saturated rings. The second kappa shape index (κ2) is 8.12. The molecule has 26 heavy (non-hydrogen) atoms. The van der Waals surface area contributed by atoms with Gasteiger partial charge in [-0.3, -0.25) is 4.79 Å². The Kier molecular flexibility index (Phi) is 5.65. The summed E-state index contributed by atoms with van der Waals surface area (Å²) in [5.74, 6) is 1.02. The van der Waals surface area contributed by atoms with Gasteiger partial charge in [0.25, 0.3) is 0 Å². The molecule has 0 saturated carbocycles. The van der Waals surface area contributed by atoms with Gasteiger partial charge < -0.3 is 15.2 Å². The Bertz CT molecular complexity index is 881. The average Bonchev–Trinajstić information content (AvgIpc) is 3.18. The standard InChI is InChI=1S/C20H20N2O3S/c1-24-17-10-14(11-18(25-2)15(17)8-9-21)19(23)16-12-26-20(22-16)13-6-4-3-5-7-13/h3-7,10-12H,8-9,21H2,1-2H3. The molecular formula is C20H20N2O3S. The van der Waals surface area contributed by atoms with Gasteiger partial charge in [0.15, 0.2) is 0 Å². The number of aromatic nitrogens is 1. The molecule has 0 aliphatic rings. The van der Waals surface area contributed by atoms with Crippen LogP contribution in [0.15, 0.2) is 47.8 Å². The summed E-state index contributed by atoms with van der Waals surface area (Å²) in [6, 6.07) is 13.2. The number of benzene rings is 2. The normalized spacial score (nSPS) is 10.6. The van der Waals surface area contributed by atoms with E-state index in [9.17, 15) is 4.79 Å². The molecule has 1 heterocycles. The largest absolute Gasteiger partial charge is 0.496 e. The van der Waals surface area contributed by atoms with E-state index in [0.717, 1.165) is 16.1 Å². The van der Waals surface area contributed by atoms with E-state index in [1.165, 1.54) is 11.3 Å². The lowest BCUT2D eigenvalue weighted by Gasteiger charge is -2.14. The van der Waals surface area contributed by atoms with E-state index in [-0.39, 0.29) is 5.78 Å². The highest BCUT2D eigenvalue weighted by Gasteiger charge is 2.19. The Balaban J connectivity index is 1.96. The van der Waals surface area contributed by atoms with Gasteiger partial charge in [0, 0.05) is 22.1 Å². The summed E-state index contributed by atoms with van der Waals surface area (Å²) in [6.45, 7) is 0.465. The molecule has 2 N–H and O–H groups in total. The van der Waals surface area contributed by atoms with Crippen molar-refractivity contribution in [3.05, 3.63) is 64.7 Å². The Morgan fingerprint density at radius 1 is 1.12 bits per heavy atom. The molecule has 0 amide bonds. The maximum absolute atomic E-state index is 12.9. The first-order valence-corrected chi connectivity index (χ1v) is 9.06. The molecule has 0 atom stereocenters. The van der Waals surface area contributed by atoms with Crippen molar-refractivity contribution in [1.82, 2.24) is 4.98 Å². The van der Waals surface area contributed by atoms with Crippen LogP contribution in [0.4, 0.5) is 0 Å². The highest BCUT2D eigenvalue weighted by Crippen LogP contribution is 2.32. The lowest BCUT2D eigenvalue weighted by molar-refractivity contribution is 0.103. The van der Waals surface area contributed by atoms with Gasteiger partial charge in [-0.2, -0.15) is 0 Å². The number of carbonyl (C=O) groups is 1. The quantitative estimate of drug-likeness (QED) is 0.646. The molecule has 0 bridgehead atoms. The van der Waals surface area contributed by atoms with E-state index in [4.69, 9.17) is 15.2 Å². The first-order chi connectivity index (χ1) is 12.7. The summed E-state index contributed by atoms with van der Waals surface area (Å²) in [4.78, 5) is 17.4. The molecule has 6 heteroatoms. The van der Waals surface area contributed by atoms with Crippen LogP contribution in [0.2, 0.25) is 0 Å². The van der Waals surface area contributed by atoms with Gasteiger partial charge in [-0.15, -0.1) is 11.3 Å². The number of hydrogen-bond donors (Lipinski definition) is 1. The topological polar surface area (TPSA) is 74.4 Å². The zero-order valence-corrected chi connectivity index (χ0v) is 15.5. The molecule has 1 aromatic heterocycles. The van der Waals surface area contributed by atoms with E-state index in [1.807, 2.05) is 30.3 Å². The summed E-state index contributed by atoms with van der Waals surface area (Å²) in [6.07, 6.45) is 0.607. The van der Waals surface area contributed by atoms with E-state index >= 15 is 0 Å². The third-order valence-electron chi connectivity index (χ3n) is 4.02. The van der Waals surface area contributed by atoms with E-state index in [2.05, 4.69) is 4.98 Å². The third-order valence-corrected chi connectivity index (χ3v) is 4.91. The van der Waals surface area contributed by atoms with Gasteiger partial charge in [0.1, 0.15) is 22.2 Å². The monoisotopic (exact) mass is 368 g/mol. The molecule has 0 aliphatic heterocycles. The molecule has 0 saturated heterocycles. The minimum Gasteiger partial charge on any atom is -0.496 e. The number of ether oxygens (including phenoxy) is 2. The zero-order chi connectivity index (χ0) is 18.5. The zero-order valence-electron chi connectivity index (χ0n) is 14.7. The Labute approximate surface area is 156 Å². The van der Waals surface area contributed by atoms with Crippen LogP contribution in [-0.2, 0) is 6.42 Å². The van der Waals surface area contributed by atoms with Crippen molar-refractivity contribution in [3.63, 3.8) is 0 Å². The van der Waals surface area contributed by atoms with Crippen molar-refractivity contribution >= 4 is 17.1 Å². The van der Waals surface area contributed by atoms with Gasteiger partial charge in [-0.1, -0.05) is 30.3 Å². The summed E-state index contributed by atoms with van der Waals surface area (Å²) in [5.41, 5.74) is 8.40. The Morgan fingerprint density at radius 3 is 2.35 bits per heavy atom. The summed E-state index contributed by atoms with van der Waals surface area (Å²) in [7, 11) is 3.14. The Hall–Kier alpha value is -2.70. The van der Waals surface area contributed by atoms with Gasteiger partial charge in [-0.25, -0.2) is 4.98 Å². The molecule has 0 aliphatic carbocycles. The minimum atomic E-state index is -0.167. The van der Waals surface area contributed by atoms with Crippen LogP contribution in [0.25, 0.3) is 10.6 Å². The second-order valence-electron chi connectivity index (χ2n) is 5.63. The van der Waals surface area contributed by atoms with Crippen LogP contribution in [0.5, 0.6) is 11.5 Å². The van der Waals surface area contributed by atoms with Crippen molar-refractivity contribution in [2.75, 3.05) is 20.8 Å². The van der Waals surface area contributed by atoms with Crippen LogP contribution < -0.4 is 15.2 Å². The van der Waals surface area contributed by atoms with Crippen LogP contribution in [0.3, 0.4) is 0 Å². The van der Waals surface area contributed by atoms with Crippen molar-refractivity contribution in [3.8, 4) is 22.1 Å². The van der Waals surface area contributed by atoms with Crippen LogP contribution >= 0.6 is 11.3 Å². The summed E-state index contributed by atoms with van der Waals surface area (Å²) < 4.78 is 10.9. The molecule has 0 unspecified atom stereocenters. The van der Waals surface area contributed by atoms with Crippen LogP contribution in [0.1, 0.15) is 21.6 Å². The fourth-order valence-electron chi connectivity index (χ4n) is 2.75. The van der Waals surface area contributed by atoms with Gasteiger partial charge >= 0.3 is 0 Å². The van der Waals surface area contributed by atoms with Gasteiger partial charge in [0.05, 0.1) is 14.2 Å². The van der Waals surface area contributed by atoms with Crippen LogP contribution in [0, 0.1) is 0 Å². The molecule has 2 aromatic carbocycles. The summed E-state index contributed by atoms with van der Waals surface area (Å²) >= 11 is 1.45. The molecule has 0 radical (unpaired) electrons. The SMILES string of the molecule is COc1cc(C(=O)c2csc(-c3ccccc3)n2)cc(OC)c1CCN. The van der Waals surface area contributed by atoms with E-state index in [1.54, 1.807) is 31.7 Å². The first-order valence-electron chi connectivity index (χ1n) is 8.18. The number of carbonyl (C=O) groups excluding carboxylic acids is 1. The number of ketones is 1. The number of nitrogens with two attached hydrogens (primary N) is 1. The lowest BCUT2D eigenvalue weighted by Crippen LogP contribution is -2.09. The van der Waals surface area contributed by atoms with Gasteiger partial charge in [-0.05, 0) is 25.1 Å². The van der Waals surface area contributed by atoms with Crippen molar-refractivity contribution < 1.29 is 14.3 Å². The number of methoxy groups -OCH3 is 2. The first kappa shape index (κ1) is 18.1. The molecule has 134 valence electrons. The fraction of sp³-hybridized carbons (Fsp3) is 0.200. The highest BCUT2D eigenvalue weighted by atomic mass is 32.1. The molecule has 5 nitrogen and oxygen atoms in total. The van der Waals surface area contributed by atoms with Gasteiger partial charge in [0.2, 0.25) is 5.78 Å². The van der Waals surface area contributed by atoms with Crippen molar-refractivity contribution in [1.29, 1.82) is 0 Å². The smallest absolute Gasteiger partial charge is 0.212 e. The molecular weight excluding hydrogens is 348 g/mol. The van der Waals surface area contributed by atoms with Crippen molar-refractivity contribution in [2.24, 2.45) is 5.73 Å². The summed E-state index contributed by atoms with van der Waals surface area (Å²) in [5, 5.41) is 2.59. The number of thiazole rings is 1. The van der Waals surface area contributed by atoms with E-state index < -0.39 is 0 Å². The third kappa shape index (κ3) is 3.61. The maximum atomic E-state index is 12.9. The molecule has 0 spiro atoms. The predicted octanol–water partition coefficient (Wildman–Crippen LogP) is 3.56. The van der Waals surface area contributed by atoms with Crippen molar-refractivity contribution in [2.45, 2.75) is 6.42 Å².